The molecule has 0 saturated heterocycles. The topological polar surface area (TPSA) is 52.0 Å². The van der Waals surface area contributed by atoms with Crippen LogP contribution in [0, 0.1) is 5.92 Å². The highest BCUT2D eigenvalue weighted by molar-refractivity contribution is 7.80. The third-order valence-corrected chi connectivity index (χ3v) is 1.32. The van der Waals surface area contributed by atoms with Gasteiger partial charge in [0, 0.05) is 0 Å². The van der Waals surface area contributed by atoms with Crippen LogP contribution >= 0.6 is 12.2 Å². The minimum Gasteiger partial charge on any atom is -0.392 e. The molecule has 0 rings (SSSR count). The Morgan fingerprint density at radius 1 is 1.50 bits per heavy atom. The van der Waals surface area contributed by atoms with Gasteiger partial charge in [0.2, 0.25) is 0 Å². The highest BCUT2D eigenvalue weighted by atomic mass is 32.1. The van der Waals surface area contributed by atoms with Crippen molar-refractivity contribution in [2.24, 2.45) is 17.4 Å². The third-order valence-electron chi connectivity index (χ3n) is 1.05. The summed E-state index contributed by atoms with van der Waals surface area (Å²) in [5, 5.41) is 0. The molecule has 0 aromatic carbocycles. The highest BCUT2D eigenvalue weighted by Gasteiger charge is 2.08. The first-order valence-corrected chi connectivity index (χ1v) is 3.01. The molecule has 0 spiro atoms. The molecule has 0 fully saturated rings. The van der Waals surface area contributed by atoms with Gasteiger partial charge in [0.15, 0.2) is 0 Å². The zero-order valence-corrected chi connectivity index (χ0v) is 6.03. The molecule has 0 aliphatic carbocycles. The minimum atomic E-state index is -0.120. The zero-order chi connectivity index (χ0) is 6.73. The molecule has 0 heterocycles. The van der Waals surface area contributed by atoms with Crippen molar-refractivity contribution in [3.05, 3.63) is 0 Å². The van der Waals surface area contributed by atoms with Crippen LogP contribution in [-0.2, 0) is 0 Å². The van der Waals surface area contributed by atoms with E-state index in [0.717, 1.165) is 0 Å². The van der Waals surface area contributed by atoms with Crippen molar-refractivity contribution >= 4 is 17.2 Å². The Labute approximate surface area is 55.2 Å². The number of thiocarbonyl (C=S) groups is 1. The highest BCUT2D eigenvalue weighted by Crippen LogP contribution is 1.96. The van der Waals surface area contributed by atoms with Crippen molar-refractivity contribution in [3.8, 4) is 0 Å². The Balaban J connectivity index is 3.64. The standard InChI is InChI=1S/C5H12N2S/c1-3(2)4(6)5(7)8/h3-4H,6H2,1-2H3,(H2,7,8)/t4-/m0/s1. The average Bonchev–Trinajstić information content (AvgIpc) is 1.64. The molecule has 3 heteroatoms. The van der Waals surface area contributed by atoms with Crippen molar-refractivity contribution in [1.82, 2.24) is 0 Å². The predicted octanol–water partition coefficient (Wildman–Crippen LogP) is 0.256. The van der Waals surface area contributed by atoms with Gasteiger partial charge >= 0.3 is 0 Å². The molecule has 8 heavy (non-hydrogen) atoms. The van der Waals surface area contributed by atoms with Crippen LogP contribution in [0.1, 0.15) is 13.8 Å². The lowest BCUT2D eigenvalue weighted by Gasteiger charge is -2.12. The van der Waals surface area contributed by atoms with Crippen molar-refractivity contribution in [2.45, 2.75) is 19.9 Å². The van der Waals surface area contributed by atoms with Crippen LogP contribution in [0.4, 0.5) is 0 Å². The van der Waals surface area contributed by atoms with Gasteiger partial charge in [-0.1, -0.05) is 26.1 Å². The van der Waals surface area contributed by atoms with Gasteiger partial charge in [0.1, 0.15) is 0 Å². The van der Waals surface area contributed by atoms with Crippen LogP contribution in [0.3, 0.4) is 0 Å². The SMILES string of the molecule is CC(C)[C@H](N)C(N)=S. The summed E-state index contributed by atoms with van der Waals surface area (Å²) in [7, 11) is 0. The second-order valence-electron chi connectivity index (χ2n) is 2.17. The normalized spacial score (nSPS) is 14.0. The van der Waals surface area contributed by atoms with Gasteiger partial charge in [-0.3, -0.25) is 0 Å². The van der Waals surface area contributed by atoms with E-state index in [-0.39, 0.29) is 6.04 Å². The van der Waals surface area contributed by atoms with E-state index in [9.17, 15) is 0 Å². The van der Waals surface area contributed by atoms with Crippen molar-refractivity contribution in [1.29, 1.82) is 0 Å². The Kier molecular flexibility index (Phi) is 2.94. The van der Waals surface area contributed by atoms with Crippen LogP contribution < -0.4 is 11.5 Å². The number of rotatable bonds is 2. The molecular weight excluding hydrogens is 120 g/mol. The summed E-state index contributed by atoms with van der Waals surface area (Å²) in [6.45, 7) is 3.98. The quantitative estimate of drug-likeness (QED) is 0.530. The first-order chi connectivity index (χ1) is 3.55. The number of nitrogens with two attached hydrogens (primary N) is 2. The minimum absolute atomic E-state index is 0.120. The van der Waals surface area contributed by atoms with E-state index in [1.165, 1.54) is 0 Å². The smallest absolute Gasteiger partial charge is 0.0900 e. The molecule has 2 nitrogen and oxygen atoms in total. The maximum Gasteiger partial charge on any atom is 0.0900 e. The fourth-order valence-electron chi connectivity index (χ4n) is 0.329. The molecule has 0 bridgehead atoms. The van der Waals surface area contributed by atoms with E-state index < -0.39 is 0 Å². The Hall–Kier alpha value is -0.150. The fraction of sp³-hybridized carbons (Fsp3) is 0.800. The van der Waals surface area contributed by atoms with E-state index in [2.05, 4.69) is 12.2 Å². The van der Waals surface area contributed by atoms with E-state index >= 15 is 0 Å². The first-order valence-electron chi connectivity index (χ1n) is 2.60. The monoisotopic (exact) mass is 132 g/mol. The van der Waals surface area contributed by atoms with Crippen molar-refractivity contribution < 1.29 is 0 Å². The van der Waals surface area contributed by atoms with Crippen LogP contribution in [0.15, 0.2) is 0 Å². The molecule has 0 radical (unpaired) electrons. The Bertz CT molecular complexity index is 90.4. The average molecular weight is 132 g/mol. The van der Waals surface area contributed by atoms with Crippen LogP contribution in [0.2, 0.25) is 0 Å². The Morgan fingerprint density at radius 2 is 1.88 bits per heavy atom. The summed E-state index contributed by atoms with van der Waals surface area (Å²) in [5.41, 5.74) is 10.7. The van der Waals surface area contributed by atoms with E-state index in [4.69, 9.17) is 11.5 Å². The zero-order valence-electron chi connectivity index (χ0n) is 5.22. The molecular formula is C5H12N2S. The van der Waals surface area contributed by atoms with Crippen LogP contribution in [0.25, 0.3) is 0 Å². The van der Waals surface area contributed by atoms with Crippen molar-refractivity contribution in [2.75, 3.05) is 0 Å². The largest absolute Gasteiger partial charge is 0.392 e. The maximum absolute atomic E-state index is 5.49. The molecule has 1 atom stereocenters. The van der Waals surface area contributed by atoms with Crippen molar-refractivity contribution in [3.63, 3.8) is 0 Å². The van der Waals surface area contributed by atoms with E-state index in [0.29, 0.717) is 10.9 Å². The van der Waals surface area contributed by atoms with Gasteiger partial charge in [-0.15, -0.1) is 0 Å². The predicted molar refractivity (Wildman–Crippen MR) is 39.6 cm³/mol. The molecule has 48 valence electrons. The molecule has 0 aliphatic heterocycles. The number of hydrogen-bond donors (Lipinski definition) is 2. The van der Waals surface area contributed by atoms with Gasteiger partial charge in [0.25, 0.3) is 0 Å². The van der Waals surface area contributed by atoms with Gasteiger partial charge < -0.3 is 11.5 Å². The summed E-state index contributed by atoms with van der Waals surface area (Å²) in [5.74, 6) is 0.354. The molecule has 0 amide bonds. The van der Waals surface area contributed by atoms with Crippen LogP contribution in [-0.4, -0.2) is 11.0 Å². The first kappa shape index (κ1) is 7.85. The second kappa shape index (κ2) is 2.99. The van der Waals surface area contributed by atoms with E-state index in [1.807, 2.05) is 13.8 Å². The Morgan fingerprint density at radius 3 is 1.88 bits per heavy atom. The summed E-state index contributed by atoms with van der Waals surface area (Å²) in [4.78, 5) is 0.403. The fourth-order valence-corrected chi connectivity index (χ4v) is 0.601. The summed E-state index contributed by atoms with van der Waals surface area (Å²) >= 11 is 4.65. The molecule has 0 aliphatic rings. The molecule has 0 aromatic heterocycles. The van der Waals surface area contributed by atoms with E-state index in [1.54, 1.807) is 0 Å². The maximum atomic E-state index is 5.49. The lowest BCUT2D eigenvalue weighted by molar-refractivity contribution is 0.597. The second-order valence-corrected chi connectivity index (χ2v) is 2.64. The summed E-state index contributed by atoms with van der Waals surface area (Å²) in [6.07, 6.45) is 0. The van der Waals surface area contributed by atoms with Gasteiger partial charge in [-0.05, 0) is 5.92 Å². The third kappa shape index (κ3) is 2.23. The summed E-state index contributed by atoms with van der Waals surface area (Å²) in [6, 6.07) is -0.120. The van der Waals surface area contributed by atoms with Gasteiger partial charge in [-0.25, -0.2) is 0 Å². The summed E-state index contributed by atoms with van der Waals surface area (Å²) < 4.78 is 0. The molecule has 0 saturated carbocycles. The van der Waals surface area contributed by atoms with Gasteiger partial charge in [0.05, 0.1) is 11.0 Å². The molecule has 4 N–H and O–H groups in total. The molecule has 0 unspecified atom stereocenters. The number of hydrogen-bond acceptors (Lipinski definition) is 2. The van der Waals surface area contributed by atoms with Gasteiger partial charge in [-0.2, -0.15) is 0 Å². The lowest BCUT2D eigenvalue weighted by atomic mass is 10.1. The molecule has 0 aromatic rings. The lowest BCUT2D eigenvalue weighted by Crippen LogP contribution is -2.39. The van der Waals surface area contributed by atoms with Crippen LogP contribution in [0.5, 0.6) is 0 Å².